The molecule has 1 aromatic carbocycles. The fourth-order valence-electron chi connectivity index (χ4n) is 2.59. The molecule has 0 aliphatic carbocycles. The Balaban J connectivity index is 1.91. The van der Waals surface area contributed by atoms with Crippen molar-refractivity contribution in [1.82, 2.24) is 4.98 Å². The molecule has 1 aromatic heterocycles. The van der Waals surface area contributed by atoms with Crippen molar-refractivity contribution in [2.24, 2.45) is 5.73 Å². The molecule has 0 amide bonds. The third kappa shape index (κ3) is 2.69. The van der Waals surface area contributed by atoms with Crippen LogP contribution in [-0.4, -0.2) is 26.5 Å². The average Bonchev–Trinajstić information content (AvgIpc) is 2.49. The molecule has 3 rings (SSSR count). The van der Waals surface area contributed by atoms with Crippen LogP contribution in [0.5, 0.6) is 0 Å². The number of pyridine rings is 1. The molecule has 2 heterocycles. The summed E-state index contributed by atoms with van der Waals surface area (Å²) in [4.78, 5) is 4.53. The van der Waals surface area contributed by atoms with Gasteiger partial charge in [0, 0.05) is 39.1 Å². The van der Waals surface area contributed by atoms with E-state index < -0.39 is 0 Å². The number of nitrogens with zero attached hydrogens (tertiary/aromatic N) is 1. The number of hydrogen-bond acceptors (Lipinski definition) is 4. The zero-order valence-electron chi connectivity index (χ0n) is 11.8. The van der Waals surface area contributed by atoms with E-state index in [-0.39, 0.29) is 6.04 Å². The quantitative estimate of drug-likeness (QED) is 0.914. The summed E-state index contributed by atoms with van der Waals surface area (Å²) in [6.07, 6.45) is 1.85. The Hall–Kier alpha value is -0.710. The van der Waals surface area contributed by atoms with Crippen LogP contribution in [0.1, 0.15) is 25.5 Å². The van der Waals surface area contributed by atoms with Gasteiger partial charge in [0.25, 0.3) is 0 Å². The van der Waals surface area contributed by atoms with Crippen molar-refractivity contribution in [2.45, 2.75) is 35.6 Å². The molecule has 2 aromatic rings. The van der Waals surface area contributed by atoms with Crippen LogP contribution >= 0.6 is 23.5 Å². The topological polar surface area (TPSA) is 38.9 Å². The second-order valence-electron chi connectivity index (χ2n) is 5.37. The predicted octanol–water partition coefficient (Wildman–Crippen LogP) is 3.86. The van der Waals surface area contributed by atoms with Gasteiger partial charge < -0.3 is 5.73 Å². The van der Waals surface area contributed by atoms with E-state index in [4.69, 9.17) is 5.73 Å². The third-order valence-electron chi connectivity index (χ3n) is 4.00. The van der Waals surface area contributed by atoms with Gasteiger partial charge in [-0.15, -0.1) is 0 Å². The highest BCUT2D eigenvalue weighted by molar-refractivity contribution is 8.07. The van der Waals surface area contributed by atoms with Crippen LogP contribution in [0, 0.1) is 0 Å². The standard InChI is InChI=1S/C16H20N2S2/c1-10-11(2)20-14(9-19-10)15(17)13-7-3-5-12-6-4-8-18-16(12)13/h3-8,10-11,14-15H,9,17H2,1-2H3. The molecule has 1 aliphatic heterocycles. The number of nitrogens with two attached hydrogens (primary N) is 1. The van der Waals surface area contributed by atoms with Crippen LogP contribution in [0.3, 0.4) is 0 Å². The summed E-state index contributed by atoms with van der Waals surface area (Å²) in [6.45, 7) is 4.62. The molecule has 4 atom stereocenters. The molecule has 0 radical (unpaired) electrons. The highest BCUT2D eigenvalue weighted by atomic mass is 32.2. The SMILES string of the molecule is CC1SCC(C(N)c2cccc3cccnc23)SC1C. The van der Waals surface area contributed by atoms with E-state index in [1.165, 1.54) is 10.9 Å². The number of para-hydroxylation sites is 1. The Morgan fingerprint density at radius 3 is 2.80 bits per heavy atom. The Bertz CT molecular complexity index is 597. The normalized spacial score (nSPS) is 28.4. The van der Waals surface area contributed by atoms with Crippen molar-refractivity contribution in [3.05, 3.63) is 42.1 Å². The van der Waals surface area contributed by atoms with Crippen molar-refractivity contribution in [2.75, 3.05) is 5.75 Å². The van der Waals surface area contributed by atoms with E-state index in [0.29, 0.717) is 15.7 Å². The van der Waals surface area contributed by atoms with E-state index in [0.717, 1.165) is 11.3 Å². The number of rotatable bonds is 2. The van der Waals surface area contributed by atoms with E-state index in [2.05, 4.69) is 43.1 Å². The number of aromatic nitrogens is 1. The van der Waals surface area contributed by atoms with Gasteiger partial charge in [-0.2, -0.15) is 23.5 Å². The lowest BCUT2D eigenvalue weighted by Gasteiger charge is -2.34. The minimum absolute atomic E-state index is 0.0565. The number of hydrogen-bond donors (Lipinski definition) is 1. The number of thioether (sulfide) groups is 2. The lowest BCUT2D eigenvalue weighted by molar-refractivity contribution is 0.711. The number of fused-ring (bicyclic) bond motifs is 1. The molecule has 20 heavy (non-hydrogen) atoms. The first-order valence-electron chi connectivity index (χ1n) is 7.03. The molecular formula is C16H20N2S2. The van der Waals surface area contributed by atoms with Gasteiger partial charge >= 0.3 is 0 Å². The Kier molecular flexibility index (Phi) is 4.24. The lowest BCUT2D eigenvalue weighted by Crippen LogP contribution is -2.34. The van der Waals surface area contributed by atoms with Crippen molar-refractivity contribution in [1.29, 1.82) is 0 Å². The van der Waals surface area contributed by atoms with Gasteiger partial charge in [-0.1, -0.05) is 38.1 Å². The largest absolute Gasteiger partial charge is 0.323 e. The van der Waals surface area contributed by atoms with Gasteiger partial charge in [-0.05, 0) is 11.6 Å². The summed E-state index contributed by atoms with van der Waals surface area (Å²) in [7, 11) is 0. The molecule has 2 nitrogen and oxygen atoms in total. The minimum atomic E-state index is 0.0565. The summed E-state index contributed by atoms with van der Waals surface area (Å²) < 4.78 is 0. The van der Waals surface area contributed by atoms with Crippen molar-refractivity contribution >= 4 is 34.4 Å². The van der Waals surface area contributed by atoms with Crippen molar-refractivity contribution in [3.63, 3.8) is 0 Å². The first-order valence-corrected chi connectivity index (χ1v) is 9.02. The first-order chi connectivity index (χ1) is 9.66. The minimum Gasteiger partial charge on any atom is -0.323 e. The zero-order valence-corrected chi connectivity index (χ0v) is 13.5. The summed E-state index contributed by atoms with van der Waals surface area (Å²) in [5.74, 6) is 1.13. The molecule has 4 heteroatoms. The van der Waals surface area contributed by atoms with E-state index in [9.17, 15) is 0 Å². The Labute approximate surface area is 128 Å². The van der Waals surface area contributed by atoms with E-state index >= 15 is 0 Å². The van der Waals surface area contributed by atoms with Crippen LogP contribution in [-0.2, 0) is 0 Å². The smallest absolute Gasteiger partial charge is 0.0750 e. The maximum Gasteiger partial charge on any atom is 0.0750 e. The predicted molar refractivity (Wildman–Crippen MR) is 91.4 cm³/mol. The maximum absolute atomic E-state index is 6.57. The number of benzene rings is 1. The highest BCUT2D eigenvalue weighted by Gasteiger charge is 2.31. The molecule has 1 fully saturated rings. The summed E-state index contributed by atoms with van der Waals surface area (Å²) >= 11 is 4.07. The molecule has 0 saturated carbocycles. The van der Waals surface area contributed by atoms with Gasteiger partial charge in [-0.3, -0.25) is 4.98 Å². The molecule has 1 aliphatic rings. The molecule has 4 unspecified atom stereocenters. The molecular weight excluding hydrogens is 284 g/mol. The van der Waals surface area contributed by atoms with Gasteiger partial charge in [0.15, 0.2) is 0 Å². The monoisotopic (exact) mass is 304 g/mol. The third-order valence-corrected chi connectivity index (χ3v) is 7.51. The van der Waals surface area contributed by atoms with Gasteiger partial charge in [-0.25, -0.2) is 0 Å². The fourth-order valence-corrected chi connectivity index (χ4v) is 5.63. The second-order valence-corrected chi connectivity index (χ2v) is 8.40. The van der Waals surface area contributed by atoms with Crippen LogP contribution in [0.25, 0.3) is 10.9 Å². The molecule has 0 bridgehead atoms. The summed E-state index contributed by atoms with van der Waals surface area (Å²) in [6, 6.07) is 10.5. The summed E-state index contributed by atoms with van der Waals surface area (Å²) in [5.41, 5.74) is 8.81. The zero-order chi connectivity index (χ0) is 14.1. The lowest BCUT2D eigenvalue weighted by atomic mass is 10.0. The first kappa shape index (κ1) is 14.2. The Morgan fingerprint density at radius 1 is 1.20 bits per heavy atom. The van der Waals surface area contributed by atoms with Crippen molar-refractivity contribution < 1.29 is 0 Å². The average molecular weight is 304 g/mol. The highest BCUT2D eigenvalue weighted by Crippen LogP contribution is 2.41. The van der Waals surface area contributed by atoms with Crippen LogP contribution < -0.4 is 5.73 Å². The molecule has 1 saturated heterocycles. The van der Waals surface area contributed by atoms with Gasteiger partial charge in [0.1, 0.15) is 0 Å². The van der Waals surface area contributed by atoms with Crippen LogP contribution in [0.15, 0.2) is 36.5 Å². The van der Waals surface area contributed by atoms with E-state index in [1.54, 1.807) is 0 Å². The van der Waals surface area contributed by atoms with E-state index in [1.807, 2.05) is 35.8 Å². The molecule has 106 valence electrons. The van der Waals surface area contributed by atoms with Crippen LogP contribution in [0.2, 0.25) is 0 Å². The maximum atomic E-state index is 6.57. The van der Waals surface area contributed by atoms with Gasteiger partial charge in [0.05, 0.1) is 5.52 Å². The Morgan fingerprint density at radius 2 is 2.00 bits per heavy atom. The summed E-state index contributed by atoms with van der Waals surface area (Å²) in [5, 5.41) is 3.02. The van der Waals surface area contributed by atoms with Crippen LogP contribution in [0.4, 0.5) is 0 Å². The second kappa shape index (κ2) is 5.96. The van der Waals surface area contributed by atoms with Crippen molar-refractivity contribution in [3.8, 4) is 0 Å². The van der Waals surface area contributed by atoms with Gasteiger partial charge in [0.2, 0.25) is 0 Å². The molecule has 0 spiro atoms. The fraction of sp³-hybridized carbons (Fsp3) is 0.438. The molecule has 2 N–H and O–H groups in total.